The van der Waals surface area contributed by atoms with Crippen LogP contribution in [0.2, 0.25) is 0 Å². The fourth-order valence-corrected chi connectivity index (χ4v) is 6.64. The van der Waals surface area contributed by atoms with Gasteiger partial charge in [0.15, 0.2) is 0 Å². The van der Waals surface area contributed by atoms with Gasteiger partial charge in [0.05, 0.1) is 17.2 Å². The molecule has 1 N–H and O–H groups in total. The highest BCUT2D eigenvalue weighted by Crippen LogP contribution is 2.27. The summed E-state index contributed by atoms with van der Waals surface area (Å²) in [6.07, 6.45) is 0.248. The minimum absolute atomic E-state index is 0.0159. The summed E-state index contributed by atoms with van der Waals surface area (Å²) in [5.74, 6) is -0.293. The topological polar surface area (TPSA) is 96.0 Å². The lowest BCUT2D eigenvalue weighted by atomic mass is 10.0. The Morgan fingerprint density at radius 2 is 1.48 bits per heavy atom. The van der Waals surface area contributed by atoms with Crippen molar-refractivity contribution < 1.29 is 22.7 Å². The summed E-state index contributed by atoms with van der Waals surface area (Å²) in [4.78, 5) is 29.8. The Morgan fingerprint density at radius 1 is 0.848 bits per heavy atom. The van der Waals surface area contributed by atoms with Crippen molar-refractivity contribution in [3.05, 3.63) is 124 Å². The van der Waals surface area contributed by atoms with Crippen molar-refractivity contribution in [2.75, 3.05) is 17.5 Å². The number of aryl methyl sites for hydroxylation is 1. The maximum Gasteiger partial charge on any atom is 0.264 e. The number of sulfonamides is 1. The van der Waals surface area contributed by atoms with Crippen LogP contribution in [0.1, 0.15) is 37.5 Å². The Labute approximate surface area is 280 Å². The summed E-state index contributed by atoms with van der Waals surface area (Å²) in [7, 11) is -4.21. The highest BCUT2D eigenvalue weighted by Gasteiger charge is 2.34. The lowest BCUT2D eigenvalue weighted by Crippen LogP contribution is -2.54. The van der Waals surface area contributed by atoms with Crippen molar-refractivity contribution in [3.63, 3.8) is 0 Å². The van der Waals surface area contributed by atoms with Gasteiger partial charge < -0.3 is 15.0 Å². The van der Waals surface area contributed by atoms with Gasteiger partial charge in [-0.1, -0.05) is 76.1 Å². The SMILES string of the molecule is CCOc1ccc(S(=O)(=O)N(CC(=O)N(Cc2ccc(Br)cc2)C(Cc2ccccc2)C(=O)NC(C)C)c2ccc(C)cc2)cc1. The van der Waals surface area contributed by atoms with Crippen LogP contribution in [0.3, 0.4) is 0 Å². The third kappa shape index (κ3) is 9.20. The van der Waals surface area contributed by atoms with Crippen molar-refractivity contribution in [1.82, 2.24) is 10.2 Å². The van der Waals surface area contributed by atoms with Gasteiger partial charge in [-0.15, -0.1) is 0 Å². The van der Waals surface area contributed by atoms with Crippen molar-refractivity contribution in [1.29, 1.82) is 0 Å². The molecule has 1 unspecified atom stereocenters. The van der Waals surface area contributed by atoms with Crippen LogP contribution in [-0.4, -0.2) is 50.4 Å². The fraction of sp³-hybridized carbons (Fsp3) is 0.278. The average molecular weight is 707 g/mol. The highest BCUT2D eigenvalue weighted by atomic mass is 79.9. The highest BCUT2D eigenvalue weighted by molar-refractivity contribution is 9.10. The van der Waals surface area contributed by atoms with Crippen LogP contribution in [0, 0.1) is 6.92 Å². The van der Waals surface area contributed by atoms with Crippen molar-refractivity contribution in [2.24, 2.45) is 0 Å². The summed E-state index contributed by atoms with van der Waals surface area (Å²) >= 11 is 3.46. The molecule has 0 aliphatic rings. The molecule has 0 spiro atoms. The molecule has 0 bridgehead atoms. The van der Waals surface area contributed by atoms with Crippen molar-refractivity contribution in [2.45, 2.75) is 57.6 Å². The van der Waals surface area contributed by atoms with Crippen LogP contribution in [-0.2, 0) is 32.6 Å². The summed E-state index contributed by atoms with van der Waals surface area (Å²) in [6.45, 7) is 7.50. The van der Waals surface area contributed by atoms with Gasteiger partial charge in [-0.05, 0) is 87.4 Å². The summed E-state index contributed by atoms with van der Waals surface area (Å²) in [6, 6.07) is 29.0. The minimum atomic E-state index is -4.21. The number of nitrogens with zero attached hydrogens (tertiary/aromatic N) is 2. The molecule has 8 nitrogen and oxygen atoms in total. The van der Waals surface area contributed by atoms with E-state index in [1.165, 1.54) is 17.0 Å². The smallest absolute Gasteiger partial charge is 0.264 e. The van der Waals surface area contributed by atoms with Crippen LogP contribution < -0.4 is 14.4 Å². The van der Waals surface area contributed by atoms with Crippen LogP contribution in [0.15, 0.2) is 112 Å². The third-order valence-corrected chi connectivity index (χ3v) is 9.61. The van der Waals surface area contributed by atoms with Gasteiger partial charge >= 0.3 is 0 Å². The van der Waals surface area contributed by atoms with Gasteiger partial charge in [-0.2, -0.15) is 0 Å². The maximum atomic E-state index is 14.5. The number of halogens is 1. The molecule has 0 aromatic heterocycles. The Bertz CT molecular complexity index is 1700. The van der Waals surface area contributed by atoms with E-state index in [0.717, 1.165) is 25.5 Å². The van der Waals surface area contributed by atoms with E-state index in [1.54, 1.807) is 36.4 Å². The molecule has 0 aliphatic carbocycles. The Balaban J connectivity index is 1.79. The first-order valence-corrected chi connectivity index (χ1v) is 17.4. The molecule has 0 fully saturated rings. The van der Waals surface area contributed by atoms with E-state index in [0.29, 0.717) is 18.0 Å². The van der Waals surface area contributed by atoms with E-state index in [4.69, 9.17) is 4.74 Å². The van der Waals surface area contributed by atoms with Gasteiger partial charge in [-0.3, -0.25) is 13.9 Å². The van der Waals surface area contributed by atoms with E-state index >= 15 is 0 Å². The second-order valence-electron chi connectivity index (χ2n) is 11.3. The molecule has 4 aromatic rings. The lowest BCUT2D eigenvalue weighted by Gasteiger charge is -2.34. The molecule has 1 atom stereocenters. The molecule has 4 aromatic carbocycles. The standard InChI is InChI=1S/C36H40BrN3O5S/c1-5-45-32-19-21-33(22-20-32)46(43,44)40(31-17-11-27(4)12-18-31)25-35(41)39(24-29-13-15-30(37)16-14-29)34(36(42)38-26(2)3)23-28-9-7-6-8-10-28/h6-22,26,34H,5,23-25H2,1-4H3,(H,38,42). The first-order valence-electron chi connectivity index (χ1n) is 15.2. The number of carbonyl (C=O) groups excluding carboxylic acids is 2. The zero-order valence-corrected chi connectivity index (χ0v) is 28.9. The number of anilines is 1. The summed E-state index contributed by atoms with van der Waals surface area (Å²) in [5.41, 5.74) is 2.95. The van der Waals surface area contributed by atoms with E-state index in [1.807, 2.05) is 82.3 Å². The lowest BCUT2D eigenvalue weighted by molar-refractivity contribution is -0.140. The van der Waals surface area contributed by atoms with Gasteiger partial charge in [0.25, 0.3) is 10.0 Å². The number of rotatable bonds is 14. The van der Waals surface area contributed by atoms with Crippen molar-refractivity contribution in [3.8, 4) is 5.75 Å². The Kier molecular flexibility index (Phi) is 12.0. The quantitative estimate of drug-likeness (QED) is 0.161. The van der Waals surface area contributed by atoms with E-state index < -0.39 is 28.5 Å². The number of hydrogen-bond acceptors (Lipinski definition) is 5. The first kappa shape index (κ1) is 34.7. The van der Waals surface area contributed by atoms with Gasteiger partial charge in [0.1, 0.15) is 18.3 Å². The molecule has 242 valence electrons. The predicted molar refractivity (Wildman–Crippen MR) is 185 cm³/mol. The molecule has 46 heavy (non-hydrogen) atoms. The Morgan fingerprint density at radius 3 is 2.07 bits per heavy atom. The number of hydrogen-bond donors (Lipinski definition) is 1. The number of carbonyl (C=O) groups is 2. The number of ether oxygens (including phenoxy) is 1. The predicted octanol–water partition coefficient (Wildman–Crippen LogP) is 6.52. The molecular formula is C36H40BrN3O5S. The molecular weight excluding hydrogens is 666 g/mol. The van der Waals surface area contributed by atoms with E-state index in [2.05, 4.69) is 21.2 Å². The first-order chi connectivity index (χ1) is 22.0. The molecule has 0 radical (unpaired) electrons. The van der Waals surface area contributed by atoms with Crippen LogP contribution >= 0.6 is 15.9 Å². The largest absolute Gasteiger partial charge is 0.494 e. The summed E-state index contributed by atoms with van der Waals surface area (Å²) < 4.78 is 35.9. The van der Waals surface area contributed by atoms with Crippen molar-refractivity contribution >= 4 is 43.5 Å². The second-order valence-corrected chi connectivity index (χ2v) is 14.0. The normalized spacial score (nSPS) is 12.0. The van der Waals surface area contributed by atoms with Gasteiger partial charge in [0.2, 0.25) is 11.8 Å². The molecule has 10 heteroatoms. The minimum Gasteiger partial charge on any atom is -0.494 e. The van der Waals surface area contributed by atoms with Gasteiger partial charge in [0, 0.05) is 23.5 Å². The zero-order valence-electron chi connectivity index (χ0n) is 26.5. The van der Waals surface area contributed by atoms with E-state index in [-0.39, 0.29) is 29.8 Å². The number of nitrogens with one attached hydrogen (secondary N) is 1. The van der Waals surface area contributed by atoms with Crippen LogP contribution in [0.25, 0.3) is 0 Å². The molecule has 2 amide bonds. The molecule has 4 rings (SSSR count). The third-order valence-electron chi connectivity index (χ3n) is 7.29. The molecule has 0 saturated heterocycles. The van der Waals surface area contributed by atoms with Gasteiger partial charge in [-0.25, -0.2) is 8.42 Å². The fourth-order valence-electron chi connectivity index (χ4n) is 4.96. The second kappa shape index (κ2) is 15.9. The Hall–Kier alpha value is -4.15. The molecule has 0 heterocycles. The zero-order chi connectivity index (χ0) is 33.3. The number of amides is 2. The maximum absolute atomic E-state index is 14.5. The van der Waals surface area contributed by atoms with Crippen LogP contribution in [0.5, 0.6) is 5.75 Å². The van der Waals surface area contributed by atoms with E-state index in [9.17, 15) is 18.0 Å². The molecule has 0 saturated carbocycles. The average Bonchev–Trinajstić information content (AvgIpc) is 3.03. The molecule has 0 aliphatic heterocycles. The van der Waals surface area contributed by atoms with Crippen LogP contribution in [0.4, 0.5) is 5.69 Å². The summed E-state index contributed by atoms with van der Waals surface area (Å²) in [5, 5.41) is 2.97. The monoisotopic (exact) mass is 705 g/mol. The number of benzene rings is 4.